The fourth-order valence-electron chi connectivity index (χ4n) is 2.29. The molecule has 1 aliphatic rings. The lowest BCUT2D eigenvalue weighted by Gasteiger charge is -2.28. The largest absolute Gasteiger partial charge is 0.463 e. The van der Waals surface area contributed by atoms with Crippen LogP contribution in [-0.4, -0.2) is 36.1 Å². The molecule has 1 aliphatic heterocycles. The molecule has 1 heterocycles. The molecule has 0 saturated carbocycles. The van der Waals surface area contributed by atoms with Crippen LogP contribution in [0.5, 0.6) is 0 Å². The summed E-state index contributed by atoms with van der Waals surface area (Å²) in [6, 6.07) is 5.25. The maximum atomic E-state index is 13.0. The first-order valence-corrected chi connectivity index (χ1v) is 6.39. The summed E-state index contributed by atoms with van der Waals surface area (Å²) in [6.45, 7) is -0.590. The number of ether oxygens (including phenoxy) is 1. The number of nitrogens with one attached hydrogen (secondary N) is 1. The summed E-state index contributed by atoms with van der Waals surface area (Å²) in [5, 5.41) is 10.7. The molecule has 2 atom stereocenters. The topological polar surface area (TPSA) is 92.7 Å². The van der Waals surface area contributed by atoms with Gasteiger partial charge in [-0.3, -0.25) is 19.7 Å². The maximum absolute atomic E-state index is 13.0. The number of hydrogen-bond donors (Lipinski definition) is 2. The third-order valence-electron chi connectivity index (χ3n) is 3.24. The summed E-state index contributed by atoms with van der Waals surface area (Å²) in [4.78, 5) is 35.3. The van der Waals surface area contributed by atoms with Crippen LogP contribution in [0.4, 0.5) is 4.39 Å². The number of carbonyl (C=O) groups excluding carboxylic acids is 3. The van der Waals surface area contributed by atoms with E-state index in [2.05, 4.69) is 5.32 Å². The molecule has 1 unspecified atom stereocenters. The third-order valence-corrected chi connectivity index (χ3v) is 3.24. The van der Waals surface area contributed by atoms with Crippen molar-refractivity contribution in [3.05, 3.63) is 35.6 Å². The van der Waals surface area contributed by atoms with Crippen LogP contribution in [0.3, 0.4) is 0 Å². The molecule has 2 N–H and O–H groups in total. The molecule has 112 valence electrons. The van der Waals surface area contributed by atoms with Crippen LogP contribution in [0.2, 0.25) is 0 Å². The Balaban J connectivity index is 2.28. The summed E-state index contributed by atoms with van der Waals surface area (Å²) in [7, 11) is 0. The Kier molecular flexibility index (Phi) is 4.64. The van der Waals surface area contributed by atoms with E-state index in [1.54, 1.807) is 0 Å². The van der Waals surface area contributed by atoms with Crippen molar-refractivity contribution < 1.29 is 28.6 Å². The second-order valence-electron chi connectivity index (χ2n) is 4.64. The average molecular weight is 295 g/mol. The average Bonchev–Trinajstić information content (AvgIpc) is 2.44. The molecule has 0 radical (unpaired) electrons. The Morgan fingerprint density at radius 2 is 2.00 bits per heavy atom. The van der Waals surface area contributed by atoms with Crippen LogP contribution < -0.4 is 5.32 Å². The lowest BCUT2D eigenvalue weighted by Crippen LogP contribution is -2.48. The summed E-state index contributed by atoms with van der Waals surface area (Å²) in [5.74, 6) is -4.42. The molecular weight excluding hydrogens is 281 g/mol. The monoisotopic (exact) mass is 295 g/mol. The van der Waals surface area contributed by atoms with Crippen LogP contribution in [0.25, 0.3) is 0 Å². The minimum absolute atomic E-state index is 0.0732. The highest BCUT2D eigenvalue weighted by Gasteiger charge is 2.42. The van der Waals surface area contributed by atoms with Gasteiger partial charge < -0.3 is 9.84 Å². The molecular formula is C14H14FNO5. The predicted octanol–water partition coefficient (Wildman–Crippen LogP) is 0.108. The van der Waals surface area contributed by atoms with Crippen molar-refractivity contribution in [2.24, 2.45) is 5.92 Å². The Labute approximate surface area is 119 Å². The number of hydrogen-bond acceptors (Lipinski definition) is 5. The van der Waals surface area contributed by atoms with Gasteiger partial charge in [-0.1, -0.05) is 12.1 Å². The number of esters is 1. The molecule has 1 saturated heterocycles. The van der Waals surface area contributed by atoms with Crippen molar-refractivity contribution in [2.75, 3.05) is 13.2 Å². The molecule has 1 fully saturated rings. The minimum atomic E-state index is -1.19. The van der Waals surface area contributed by atoms with E-state index >= 15 is 0 Å². The standard InChI is InChI=1S/C14H14FNO5/c15-9-3-1-8(2-4-9)10-7-11(18)16-13(19)12(10)14(20)21-6-5-17/h1-4,10,12,17H,5-7H2,(H,16,18,19)/t10?,12-/m0/s1. The molecule has 7 heteroatoms. The molecule has 0 spiro atoms. The molecule has 1 aromatic carbocycles. The number of imide groups is 1. The molecule has 0 bridgehead atoms. The molecule has 0 aromatic heterocycles. The van der Waals surface area contributed by atoms with Gasteiger partial charge in [0.2, 0.25) is 11.8 Å². The Hall–Kier alpha value is -2.28. The number of halogens is 1. The summed E-state index contributed by atoms with van der Waals surface area (Å²) in [6.07, 6.45) is -0.0732. The number of piperidine rings is 1. The van der Waals surface area contributed by atoms with Gasteiger partial charge in [0.1, 0.15) is 18.3 Å². The zero-order valence-electron chi connectivity index (χ0n) is 11.0. The smallest absolute Gasteiger partial charge is 0.319 e. The maximum Gasteiger partial charge on any atom is 0.319 e. The second-order valence-corrected chi connectivity index (χ2v) is 4.64. The summed E-state index contributed by atoms with van der Waals surface area (Å²) in [5.41, 5.74) is 0.505. The second kappa shape index (κ2) is 6.45. The Bertz CT molecular complexity index is 557. The van der Waals surface area contributed by atoms with E-state index in [-0.39, 0.29) is 19.6 Å². The van der Waals surface area contributed by atoms with Gasteiger partial charge in [-0.15, -0.1) is 0 Å². The normalized spacial score (nSPS) is 21.8. The van der Waals surface area contributed by atoms with Gasteiger partial charge in [-0.25, -0.2) is 4.39 Å². The van der Waals surface area contributed by atoms with E-state index in [1.165, 1.54) is 24.3 Å². The molecule has 2 rings (SSSR count). The fourth-order valence-corrected chi connectivity index (χ4v) is 2.29. The van der Waals surface area contributed by atoms with E-state index in [0.717, 1.165) is 0 Å². The van der Waals surface area contributed by atoms with Gasteiger partial charge >= 0.3 is 5.97 Å². The highest BCUT2D eigenvalue weighted by Crippen LogP contribution is 2.32. The number of aliphatic hydroxyl groups is 1. The summed E-state index contributed by atoms with van der Waals surface area (Å²) < 4.78 is 17.7. The van der Waals surface area contributed by atoms with Crippen LogP contribution in [0, 0.1) is 11.7 Å². The van der Waals surface area contributed by atoms with Crippen molar-refractivity contribution in [1.82, 2.24) is 5.32 Å². The first-order valence-electron chi connectivity index (χ1n) is 6.39. The molecule has 2 amide bonds. The van der Waals surface area contributed by atoms with Gasteiger partial charge in [0.05, 0.1) is 6.61 Å². The number of carbonyl (C=O) groups is 3. The molecule has 0 aliphatic carbocycles. The fraction of sp³-hybridized carbons (Fsp3) is 0.357. The van der Waals surface area contributed by atoms with Crippen molar-refractivity contribution in [2.45, 2.75) is 12.3 Å². The zero-order valence-corrected chi connectivity index (χ0v) is 11.0. The number of amides is 2. The predicted molar refractivity (Wildman–Crippen MR) is 68.4 cm³/mol. The number of benzene rings is 1. The molecule has 6 nitrogen and oxygen atoms in total. The molecule has 21 heavy (non-hydrogen) atoms. The van der Waals surface area contributed by atoms with Crippen molar-refractivity contribution in [3.63, 3.8) is 0 Å². The van der Waals surface area contributed by atoms with Crippen LogP contribution in [0.1, 0.15) is 17.9 Å². The van der Waals surface area contributed by atoms with Gasteiger partial charge in [0.25, 0.3) is 0 Å². The molecule has 1 aromatic rings. The lowest BCUT2D eigenvalue weighted by molar-refractivity contribution is -0.156. The van der Waals surface area contributed by atoms with Crippen LogP contribution >= 0.6 is 0 Å². The van der Waals surface area contributed by atoms with Crippen LogP contribution in [0.15, 0.2) is 24.3 Å². The third kappa shape index (κ3) is 3.43. The van der Waals surface area contributed by atoms with E-state index < -0.39 is 35.4 Å². The highest BCUT2D eigenvalue weighted by atomic mass is 19.1. The van der Waals surface area contributed by atoms with Gasteiger partial charge in [-0.2, -0.15) is 0 Å². The number of rotatable bonds is 4. The van der Waals surface area contributed by atoms with E-state index in [4.69, 9.17) is 9.84 Å². The quantitative estimate of drug-likeness (QED) is 0.467. The Morgan fingerprint density at radius 1 is 1.33 bits per heavy atom. The van der Waals surface area contributed by atoms with Crippen LogP contribution in [-0.2, 0) is 19.1 Å². The minimum Gasteiger partial charge on any atom is -0.463 e. The van der Waals surface area contributed by atoms with E-state index in [1.807, 2.05) is 0 Å². The summed E-state index contributed by atoms with van der Waals surface area (Å²) >= 11 is 0. The van der Waals surface area contributed by atoms with Crippen molar-refractivity contribution >= 4 is 17.8 Å². The van der Waals surface area contributed by atoms with Gasteiger partial charge in [0, 0.05) is 12.3 Å². The highest BCUT2D eigenvalue weighted by molar-refractivity contribution is 6.08. The van der Waals surface area contributed by atoms with Gasteiger partial charge in [0.15, 0.2) is 0 Å². The van der Waals surface area contributed by atoms with E-state index in [0.29, 0.717) is 5.56 Å². The lowest BCUT2D eigenvalue weighted by atomic mass is 9.80. The van der Waals surface area contributed by atoms with Gasteiger partial charge in [-0.05, 0) is 17.7 Å². The Morgan fingerprint density at radius 3 is 2.62 bits per heavy atom. The zero-order chi connectivity index (χ0) is 15.4. The first-order chi connectivity index (χ1) is 10.0. The number of aliphatic hydroxyl groups excluding tert-OH is 1. The van der Waals surface area contributed by atoms with E-state index in [9.17, 15) is 18.8 Å². The SMILES string of the molecule is O=C1CC(c2ccc(F)cc2)[C@H](C(=O)OCCO)C(=O)N1. The van der Waals surface area contributed by atoms with Crippen molar-refractivity contribution in [1.29, 1.82) is 0 Å². The first kappa shape index (κ1) is 15.1. The van der Waals surface area contributed by atoms with Crippen molar-refractivity contribution in [3.8, 4) is 0 Å².